The van der Waals surface area contributed by atoms with Crippen LogP contribution in [0.4, 0.5) is 4.79 Å². The third-order valence-corrected chi connectivity index (χ3v) is 6.24. The number of rotatable bonds is 4. The van der Waals surface area contributed by atoms with E-state index in [2.05, 4.69) is 4.98 Å². The number of fused-ring (bicyclic) bond motifs is 3. The van der Waals surface area contributed by atoms with Crippen molar-refractivity contribution in [2.24, 2.45) is 0 Å². The summed E-state index contributed by atoms with van der Waals surface area (Å²) >= 11 is 0. The lowest BCUT2D eigenvalue weighted by Gasteiger charge is -2.26. The molecule has 0 fully saturated rings. The van der Waals surface area contributed by atoms with E-state index in [0.717, 1.165) is 40.8 Å². The predicted molar refractivity (Wildman–Crippen MR) is 140 cm³/mol. The molecule has 0 aliphatic carbocycles. The van der Waals surface area contributed by atoms with E-state index < -0.39 is 5.60 Å². The van der Waals surface area contributed by atoms with Gasteiger partial charge in [-0.05, 0) is 58.4 Å². The smallest absolute Gasteiger partial charge is 0.410 e. The SMILES string of the molecule is Cc1ccc(COc2ccn(-c3ccc4c5c(oc4c3)CCCN(C(=O)OC(C)(C)C)C5)c(=O)c2)cn1. The molecule has 0 bridgehead atoms. The van der Waals surface area contributed by atoms with Gasteiger partial charge >= 0.3 is 6.09 Å². The molecule has 0 spiro atoms. The fourth-order valence-corrected chi connectivity index (χ4v) is 4.41. The van der Waals surface area contributed by atoms with E-state index in [1.54, 1.807) is 27.9 Å². The number of carbonyl (C=O) groups excluding carboxylic acids is 1. The molecule has 0 saturated heterocycles. The van der Waals surface area contributed by atoms with E-state index in [1.807, 2.05) is 58.0 Å². The molecule has 4 heterocycles. The molecule has 1 aliphatic rings. The summed E-state index contributed by atoms with van der Waals surface area (Å²) in [6.45, 7) is 8.91. The van der Waals surface area contributed by atoms with Crippen molar-refractivity contribution in [3.05, 3.63) is 87.8 Å². The number of aromatic nitrogens is 2. The summed E-state index contributed by atoms with van der Waals surface area (Å²) in [5.74, 6) is 1.37. The van der Waals surface area contributed by atoms with Crippen LogP contribution in [0.2, 0.25) is 0 Å². The Hall–Kier alpha value is -4.07. The van der Waals surface area contributed by atoms with Crippen LogP contribution in [0.15, 0.2) is 64.1 Å². The molecule has 0 N–H and O–H groups in total. The number of pyridine rings is 2. The third kappa shape index (κ3) is 5.53. The molecule has 192 valence electrons. The zero-order valence-corrected chi connectivity index (χ0v) is 21.6. The van der Waals surface area contributed by atoms with Crippen LogP contribution in [0.1, 0.15) is 49.8 Å². The Bertz CT molecular complexity index is 1490. The van der Waals surface area contributed by atoms with Crippen molar-refractivity contribution in [3.8, 4) is 11.4 Å². The molecule has 8 nitrogen and oxygen atoms in total. The lowest BCUT2D eigenvalue weighted by atomic mass is 10.1. The summed E-state index contributed by atoms with van der Waals surface area (Å²) in [7, 11) is 0. The van der Waals surface area contributed by atoms with Crippen molar-refractivity contribution in [3.63, 3.8) is 0 Å². The lowest BCUT2D eigenvalue weighted by Crippen LogP contribution is -2.36. The van der Waals surface area contributed by atoms with Gasteiger partial charge in [0.15, 0.2) is 0 Å². The standard InChI is InChI=1S/C29H31N3O5/c1-19-7-8-20(16-30-19)18-35-22-11-13-32(27(33)15-22)21-9-10-23-24-17-31(28(34)37-29(2,3)4)12-5-6-25(24)36-26(23)14-21/h7-11,13-16H,5-6,12,17-18H2,1-4H3. The normalized spacial score (nSPS) is 13.8. The molecule has 0 unspecified atom stereocenters. The van der Waals surface area contributed by atoms with Crippen molar-refractivity contribution in [2.45, 2.75) is 59.3 Å². The van der Waals surface area contributed by atoms with Crippen molar-refractivity contribution in [1.29, 1.82) is 0 Å². The maximum Gasteiger partial charge on any atom is 0.410 e. The molecule has 5 rings (SSSR count). The second-order valence-electron chi connectivity index (χ2n) is 10.4. The molecule has 4 aromatic rings. The van der Waals surface area contributed by atoms with E-state index in [0.29, 0.717) is 36.7 Å². The number of hydrogen-bond donors (Lipinski definition) is 0. The van der Waals surface area contributed by atoms with Crippen LogP contribution in [-0.4, -0.2) is 32.7 Å². The van der Waals surface area contributed by atoms with Crippen LogP contribution >= 0.6 is 0 Å². The third-order valence-electron chi connectivity index (χ3n) is 6.24. The number of nitrogens with zero attached hydrogens (tertiary/aromatic N) is 3. The molecule has 0 atom stereocenters. The summed E-state index contributed by atoms with van der Waals surface area (Å²) in [5.41, 5.74) is 3.49. The zero-order chi connectivity index (χ0) is 26.2. The van der Waals surface area contributed by atoms with Gasteiger partial charge in [0.2, 0.25) is 0 Å². The minimum Gasteiger partial charge on any atom is -0.489 e. The van der Waals surface area contributed by atoms with Gasteiger partial charge in [0.05, 0.1) is 12.2 Å². The topological polar surface area (TPSA) is 86.8 Å². The molecule has 1 aromatic carbocycles. The van der Waals surface area contributed by atoms with Gasteiger partial charge in [-0.15, -0.1) is 0 Å². The van der Waals surface area contributed by atoms with Crippen molar-refractivity contribution in [1.82, 2.24) is 14.5 Å². The fourth-order valence-electron chi connectivity index (χ4n) is 4.41. The van der Waals surface area contributed by atoms with Crippen LogP contribution in [0, 0.1) is 6.92 Å². The molecule has 37 heavy (non-hydrogen) atoms. The van der Waals surface area contributed by atoms with E-state index in [4.69, 9.17) is 13.9 Å². The lowest BCUT2D eigenvalue weighted by molar-refractivity contribution is 0.0237. The van der Waals surface area contributed by atoms with Crippen LogP contribution in [0.5, 0.6) is 5.75 Å². The highest BCUT2D eigenvalue weighted by molar-refractivity contribution is 5.84. The monoisotopic (exact) mass is 501 g/mol. The molecular weight excluding hydrogens is 470 g/mol. The van der Waals surface area contributed by atoms with Crippen molar-refractivity contribution in [2.75, 3.05) is 6.54 Å². The van der Waals surface area contributed by atoms with Gasteiger partial charge in [0, 0.05) is 59.7 Å². The van der Waals surface area contributed by atoms with Gasteiger partial charge in [-0.25, -0.2) is 4.79 Å². The van der Waals surface area contributed by atoms with Crippen LogP contribution in [0.25, 0.3) is 16.7 Å². The minimum absolute atomic E-state index is 0.205. The summed E-state index contributed by atoms with van der Waals surface area (Å²) in [6, 6.07) is 12.8. The largest absolute Gasteiger partial charge is 0.489 e. The highest BCUT2D eigenvalue weighted by Gasteiger charge is 2.27. The molecule has 3 aromatic heterocycles. The van der Waals surface area contributed by atoms with Crippen LogP contribution in [0.3, 0.4) is 0 Å². The predicted octanol–water partition coefficient (Wildman–Crippen LogP) is 5.55. The average molecular weight is 502 g/mol. The minimum atomic E-state index is -0.550. The van der Waals surface area contributed by atoms with Gasteiger partial charge in [0.1, 0.15) is 29.3 Å². The Morgan fingerprint density at radius 2 is 1.97 bits per heavy atom. The maximum absolute atomic E-state index is 12.9. The first-order valence-corrected chi connectivity index (χ1v) is 12.5. The summed E-state index contributed by atoms with van der Waals surface area (Å²) < 4.78 is 19.1. The number of carbonyl (C=O) groups is 1. The van der Waals surface area contributed by atoms with E-state index in [-0.39, 0.29) is 11.7 Å². The first-order chi connectivity index (χ1) is 17.7. The van der Waals surface area contributed by atoms with Gasteiger partial charge in [0.25, 0.3) is 5.56 Å². The first-order valence-electron chi connectivity index (χ1n) is 12.5. The Morgan fingerprint density at radius 1 is 1.14 bits per heavy atom. The second kappa shape index (κ2) is 9.76. The van der Waals surface area contributed by atoms with Crippen molar-refractivity contribution < 1.29 is 18.7 Å². The number of benzene rings is 1. The summed E-state index contributed by atoms with van der Waals surface area (Å²) in [6.07, 6.45) is 4.67. The maximum atomic E-state index is 12.9. The molecule has 8 heteroatoms. The molecule has 0 radical (unpaired) electrons. The van der Waals surface area contributed by atoms with E-state index >= 15 is 0 Å². The van der Waals surface area contributed by atoms with Crippen LogP contribution < -0.4 is 10.3 Å². The number of hydrogen-bond acceptors (Lipinski definition) is 6. The first kappa shape index (κ1) is 24.6. The number of amides is 1. The second-order valence-corrected chi connectivity index (χ2v) is 10.4. The number of ether oxygens (including phenoxy) is 2. The Balaban J connectivity index is 1.36. The Morgan fingerprint density at radius 3 is 2.70 bits per heavy atom. The van der Waals surface area contributed by atoms with Gasteiger partial charge in [-0.3, -0.25) is 14.3 Å². The van der Waals surface area contributed by atoms with Crippen LogP contribution in [-0.2, 0) is 24.3 Å². The van der Waals surface area contributed by atoms with E-state index in [1.165, 1.54) is 6.07 Å². The molecular formula is C29H31N3O5. The van der Waals surface area contributed by atoms with Gasteiger partial charge < -0.3 is 18.8 Å². The van der Waals surface area contributed by atoms with E-state index in [9.17, 15) is 9.59 Å². The van der Waals surface area contributed by atoms with Crippen molar-refractivity contribution >= 4 is 17.1 Å². The molecule has 1 amide bonds. The highest BCUT2D eigenvalue weighted by Crippen LogP contribution is 2.32. The Kier molecular flexibility index (Phi) is 6.50. The summed E-state index contributed by atoms with van der Waals surface area (Å²) in [4.78, 5) is 31.6. The van der Waals surface area contributed by atoms with Gasteiger partial charge in [-0.1, -0.05) is 6.07 Å². The summed E-state index contributed by atoms with van der Waals surface area (Å²) in [5, 5.41) is 0.939. The average Bonchev–Trinajstić information content (AvgIpc) is 3.04. The fraction of sp³-hybridized carbons (Fsp3) is 0.345. The number of furan rings is 1. The number of aryl methyl sites for hydroxylation is 2. The molecule has 1 aliphatic heterocycles. The quantitative estimate of drug-likeness (QED) is 0.364. The molecule has 0 saturated carbocycles. The highest BCUT2D eigenvalue weighted by atomic mass is 16.6. The zero-order valence-electron chi connectivity index (χ0n) is 21.6. The van der Waals surface area contributed by atoms with Gasteiger partial charge in [-0.2, -0.15) is 0 Å². The Labute approximate surface area is 215 Å².